The van der Waals surface area contributed by atoms with Gasteiger partial charge in [-0.2, -0.15) is 0 Å². The standard InChI is InChI=1S/C13H10BrCl2NO/c14-7-9-3-4-17-11(5-9)8-18-13-2-1-10(15)6-12(13)16/h1-6H,7-8H2. The highest BCUT2D eigenvalue weighted by Crippen LogP contribution is 2.28. The van der Waals surface area contributed by atoms with Crippen molar-refractivity contribution in [1.29, 1.82) is 0 Å². The van der Waals surface area contributed by atoms with Gasteiger partial charge in [-0.3, -0.25) is 4.98 Å². The van der Waals surface area contributed by atoms with Crippen LogP contribution >= 0.6 is 39.1 Å². The van der Waals surface area contributed by atoms with Gasteiger partial charge in [-0.05, 0) is 35.9 Å². The van der Waals surface area contributed by atoms with Gasteiger partial charge in [0.1, 0.15) is 12.4 Å². The number of alkyl halides is 1. The molecule has 2 nitrogen and oxygen atoms in total. The molecule has 0 amide bonds. The Kier molecular flexibility index (Phi) is 4.87. The van der Waals surface area contributed by atoms with E-state index in [2.05, 4.69) is 20.9 Å². The molecule has 0 N–H and O–H groups in total. The monoisotopic (exact) mass is 345 g/mol. The molecule has 2 aromatic rings. The predicted molar refractivity (Wildman–Crippen MR) is 77.7 cm³/mol. The van der Waals surface area contributed by atoms with E-state index in [4.69, 9.17) is 27.9 Å². The van der Waals surface area contributed by atoms with Crippen LogP contribution in [-0.2, 0) is 11.9 Å². The van der Waals surface area contributed by atoms with Crippen molar-refractivity contribution < 1.29 is 4.74 Å². The molecule has 94 valence electrons. The Balaban J connectivity index is 2.06. The maximum atomic E-state index is 6.02. The van der Waals surface area contributed by atoms with Crippen molar-refractivity contribution in [3.63, 3.8) is 0 Å². The Morgan fingerprint density at radius 3 is 2.72 bits per heavy atom. The highest BCUT2D eigenvalue weighted by atomic mass is 79.9. The Labute approximate surface area is 124 Å². The average Bonchev–Trinajstić information content (AvgIpc) is 2.38. The van der Waals surface area contributed by atoms with Crippen molar-refractivity contribution in [2.24, 2.45) is 0 Å². The first-order valence-electron chi connectivity index (χ1n) is 5.26. The highest BCUT2D eigenvalue weighted by Gasteiger charge is 2.03. The van der Waals surface area contributed by atoms with Crippen LogP contribution in [0.1, 0.15) is 11.3 Å². The number of pyridine rings is 1. The number of hydrogen-bond donors (Lipinski definition) is 0. The van der Waals surface area contributed by atoms with Crippen molar-refractivity contribution in [1.82, 2.24) is 4.98 Å². The summed E-state index contributed by atoms with van der Waals surface area (Å²) in [5, 5.41) is 1.88. The van der Waals surface area contributed by atoms with E-state index in [0.717, 1.165) is 16.6 Å². The topological polar surface area (TPSA) is 22.1 Å². The smallest absolute Gasteiger partial charge is 0.138 e. The summed E-state index contributed by atoms with van der Waals surface area (Å²) < 4.78 is 5.61. The summed E-state index contributed by atoms with van der Waals surface area (Å²) in [7, 11) is 0. The lowest BCUT2D eigenvalue weighted by Crippen LogP contribution is -1.99. The summed E-state index contributed by atoms with van der Waals surface area (Å²) in [6.45, 7) is 0.377. The van der Waals surface area contributed by atoms with Crippen LogP contribution in [0.25, 0.3) is 0 Å². The van der Waals surface area contributed by atoms with Gasteiger partial charge < -0.3 is 4.74 Å². The van der Waals surface area contributed by atoms with E-state index < -0.39 is 0 Å². The largest absolute Gasteiger partial charge is 0.486 e. The lowest BCUT2D eigenvalue weighted by Gasteiger charge is -2.08. The number of rotatable bonds is 4. The molecule has 0 saturated carbocycles. The Hall–Kier alpha value is -0.770. The summed E-state index contributed by atoms with van der Waals surface area (Å²) in [4.78, 5) is 4.23. The molecule has 1 aromatic heterocycles. The Bertz CT molecular complexity index is 548. The third-order valence-electron chi connectivity index (χ3n) is 2.30. The second kappa shape index (κ2) is 6.41. The number of halogens is 3. The van der Waals surface area contributed by atoms with Crippen LogP contribution in [0.15, 0.2) is 36.5 Å². The van der Waals surface area contributed by atoms with Crippen molar-refractivity contribution in [2.75, 3.05) is 0 Å². The zero-order chi connectivity index (χ0) is 13.0. The van der Waals surface area contributed by atoms with E-state index in [1.165, 1.54) is 0 Å². The van der Waals surface area contributed by atoms with Gasteiger partial charge in [0.25, 0.3) is 0 Å². The van der Waals surface area contributed by atoms with Gasteiger partial charge in [-0.15, -0.1) is 0 Å². The summed E-state index contributed by atoms with van der Waals surface area (Å²) in [6.07, 6.45) is 1.76. The first-order chi connectivity index (χ1) is 8.69. The molecule has 0 unspecified atom stereocenters. The van der Waals surface area contributed by atoms with E-state index >= 15 is 0 Å². The van der Waals surface area contributed by atoms with Crippen LogP contribution in [0.3, 0.4) is 0 Å². The van der Waals surface area contributed by atoms with Gasteiger partial charge in [0.2, 0.25) is 0 Å². The van der Waals surface area contributed by atoms with Crippen LogP contribution in [0.5, 0.6) is 5.75 Å². The third-order valence-corrected chi connectivity index (χ3v) is 3.48. The van der Waals surface area contributed by atoms with Gasteiger partial charge in [0, 0.05) is 16.5 Å². The molecule has 18 heavy (non-hydrogen) atoms. The predicted octanol–water partition coefficient (Wildman–Crippen LogP) is 4.86. The molecule has 2 rings (SSSR count). The van der Waals surface area contributed by atoms with Crippen molar-refractivity contribution in [3.05, 3.63) is 57.8 Å². The molecule has 0 aliphatic rings. The van der Waals surface area contributed by atoms with Gasteiger partial charge in [0.05, 0.1) is 10.7 Å². The fourth-order valence-corrected chi connectivity index (χ4v) is 2.25. The van der Waals surface area contributed by atoms with Crippen LogP contribution in [0.4, 0.5) is 0 Å². The third kappa shape index (κ3) is 3.61. The quantitative estimate of drug-likeness (QED) is 0.737. The summed E-state index contributed by atoms with van der Waals surface area (Å²) in [5.74, 6) is 0.604. The van der Waals surface area contributed by atoms with E-state index in [1.54, 1.807) is 24.4 Å². The molecule has 0 radical (unpaired) electrons. The highest BCUT2D eigenvalue weighted by molar-refractivity contribution is 9.08. The minimum atomic E-state index is 0.377. The molecule has 1 heterocycles. The van der Waals surface area contributed by atoms with Gasteiger partial charge >= 0.3 is 0 Å². The van der Waals surface area contributed by atoms with E-state index in [1.807, 2.05) is 12.1 Å². The Morgan fingerprint density at radius 2 is 2.00 bits per heavy atom. The first kappa shape index (κ1) is 13.7. The summed E-state index contributed by atoms with van der Waals surface area (Å²) in [5.41, 5.74) is 2.02. The lowest BCUT2D eigenvalue weighted by molar-refractivity contribution is 0.301. The number of nitrogens with zero attached hydrogens (tertiary/aromatic N) is 1. The maximum Gasteiger partial charge on any atom is 0.138 e. The van der Waals surface area contributed by atoms with E-state index in [9.17, 15) is 0 Å². The molecule has 5 heteroatoms. The number of aromatic nitrogens is 1. The van der Waals surface area contributed by atoms with Gasteiger partial charge in [-0.1, -0.05) is 39.1 Å². The molecule has 0 bridgehead atoms. The van der Waals surface area contributed by atoms with Crippen LogP contribution in [-0.4, -0.2) is 4.98 Å². The molecule has 0 atom stereocenters. The van der Waals surface area contributed by atoms with E-state index in [-0.39, 0.29) is 0 Å². The SMILES string of the molecule is Clc1ccc(OCc2cc(CBr)ccn2)c(Cl)c1. The first-order valence-corrected chi connectivity index (χ1v) is 7.14. The number of ether oxygens (including phenoxy) is 1. The lowest BCUT2D eigenvalue weighted by atomic mass is 10.2. The zero-order valence-corrected chi connectivity index (χ0v) is 12.5. The molecule has 1 aromatic carbocycles. The Morgan fingerprint density at radius 1 is 1.17 bits per heavy atom. The van der Waals surface area contributed by atoms with Crippen LogP contribution < -0.4 is 4.74 Å². The van der Waals surface area contributed by atoms with Crippen molar-refractivity contribution >= 4 is 39.1 Å². The molecule has 0 aliphatic heterocycles. The molecular formula is C13H10BrCl2NO. The number of hydrogen-bond acceptors (Lipinski definition) is 2. The minimum Gasteiger partial charge on any atom is -0.486 e. The van der Waals surface area contributed by atoms with Gasteiger partial charge in [-0.25, -0.2) is 0 Å². The summed E-state index contributed by atoms with van der Waals surface area (Å²) >= 11 is 15.2. The number of benzene rings is 1. The molecular weight excluding hydrogens is 337 g/mol. The molecule has 0 fully saturated rings. The van der Waals surface area contributed by atoms with Crippen molar-refractivity contribution in [3.8, 4) is 5.75 Å². The minimum absolute atomic E-state index is 0.377. The zero-order valence-electron chi connectivity index (χ0n) is 9.37. The second-order valence-electron chi connectivity index (χ2n) is 3.65. The average molecular weight is 347 g/mol. The fraction of sp³-hybridized carbons (Fsp3) is 0.154. The maximum absolute atomic E-state index is 6.02. The summed E-state index contributed by atoms with van der Waals surface area (Å²) in [6, 6.07) is 9.08. The molecule has 0 aliphatic carbocycles. The van der Waals surface area contributed by atoms with Crippen LogP contribution in [0.2, 0.25) is 10.0 Å². The van der Waals surface area contributed by atoms with Gasteiger partial charge in [0.15, 0.2) is 0 Å². The fourth-order valence-electron chi connectivity index (χ4n) is 1.43. The molecule has 0 saturated heterocycles. The van der Waals surface area contributed by atoms with E-state index in [0.29, 0.717) is 22.4 Å². The molecule has 0 spiro atoms. The normalized spacial score (nSPS) is 10.4. The van der Waals surface area contributed by atoms with Crippen molar-refractivity contribution in [2.45, 2.75) is 11.9 Å². The second-order valence-corrected chi connectivity index (χ2v) is 5.06. The van der Waals surface area contributed by atoms with Crippen LogP contribution in [0, 0.1) is 0 Å².